The third kappa shape index (κ3) is 3.72. The molecule has 2 aromatic carbocycles. The molecule has 6 nitrogen and oxygen atoms in total. The average molecular weight is 428 g/mol. The van der Waals surface area contributed by atoms with E-state index in [0.29, 0.717) is 28.9 Å². The van der Waals surface area contributed by atoms with Gasteiger partial charge in [-0.05, 0) is 66.6 Å². The molecular formula is C25H21FN4O2. The van der Waals surface area contributed by atoms with Gasteiger partial charge in [0.25, 0.3) is 0 Å². The molecule has 2 aliphatic rings. The van der Waals surface area contributed by atoms with Crippen molar-refractivity contribution in [2.24, 2.45) is 5.92 Å². The maximum atomic E-state index is 14.0. The third-order valence-electron chi connectivity index (χ3n) is 6.51. The predicted molar refractivity (Wildman–Crippen MR) is 116 cm³/mol. The molecule has 1 saturated heterocycles. The van der Waals surface area contributed by atoms with Gasteiger partial charge in [0.15, 0.2) is 0 Å². The summed E-state index contributed by atoms with van der Waals surface area (Å²) in [5.41, 5.74) is 2.11. The molecule has 1 aromatic heterocycles. The summed E-state index contributed by atoms with van der Waals surface area (Å²) in [6, 6.07) is 15.3. The van der Waals surface area contributed by atoms with Gasteiger partial charge in [-0.15, -0.1) is 0 Å². The Morgan fingerprint density at radius 1 is 1.19 bits per heavy atom. The highest BCUT2D eigenvalue weighted by Gasteiger charge is 2.43. The molecule has 2 heterocycles. The number of rotatable bonds is 5. The number of nitrogens with zero attached hydrogens (tertiary/aromatic N) is 2. The molecule has 1 aliphatic carbocycles. The monoisotopic (exact) mass is 428 g/mol. The summed E-state index contributed by atoms with van der Waals surface area (Å²) in [7, 11) is 0. The van der Waals surface area contributed by atoms with Crippen molar-refractivity contribution in [1.29, 1.82) is 10.5 Å². The van der Waals surface area contributed by atoms with Gasteiger partial charge in [0, 0.05) is 17.8 Å². The van der Waals surface area contributed by atoms with E-state index < -0.39 is 11.9 Å². The van der Waals surface area contributed by atoms with E-state index in [1.807, 2.05) is 24.3 Å². The number of nitrogens with one attached hydrogen (secondary N) is 2. The molecule has 0 spiro atoms. The quantitative estimate of drug-likeness (QED) is 0.644. The fourth-order valence-electron chi connectivity index (χ4n) is 4.91. The number of carbonyl (C=O) groups excluding carboxylic acids is 1. The van der Waals surface area contributed by atoms with Gasteiger partial charge in [0.2, 0.25) is 5.91 Å². The van der Waals surface area contributed by atoms with Crippen LogP contribution in [0.15, 0.2) is 46.9 Å². The summed E-state index contributed by atoms with van der Waals surface area (Å²) in [5.74, 6) is 0.271. The number of benzene rings is 2. The first-order chi connectivity index (χ1) is 15.5. The molecule has 160 valence electrons. The van der Waals surface area contributed by atoms with Gasteiger partial charge in [0.05, 0.1) is 17.7 Å². The lowest BCUT2D eigenvalue weighted by Gasteiger charge is -2.23. The molecule has 1 saturated carbocycles. The number of carbonyl (C=O) groups is 1. The Hall–Kier alpha value is -3.68. The largest absolute Gasteiger partial charge is 0.461 e. The summed E-state index contributed by atoms with van der Waals surface area (Å²) >= 11 is 0. The molecule has 1 aliphatic heterocycles. The maximum absolute atomic E-state index is 14.0. The molecule has 1 amide bonds. The highest BCUT2D eigenvalue weighted by molar-refractivity contribution is 5.85. The molecule has 3 aromatic rings. The number of hydrogen-bond acceptors (Lipinski definition) is 5. The average Bonchev–Trinajstić information content (AvgIpc) is 3.53. The van der Waals surface area contributed by atoms with Crippen molar-refractivity contribution in [2.45, 2.75) is 43.8 Å². The molecule has 2 fully saturated rings. The zero-order valence-electron chi connectivity index (χ0n) is 17.3. The van der Waals surface area contributed by atoms with Crippen molar-refractivity contribution in [3.8, 4) is 23.3 Å². The Bertz CT molecular complexity index is 1290. The van der Waals surface area contributed by atoms with Crippen molar-refractivity contribution in [3.63, 3.8) is 0 Å². The first-order valence-corrected chi connectivity index (χ1v) is 10.7. The van der Waals surface area contributed by atoms with Crippen LogP contribution in [0.25, 0.3) is 22.1 Å². The van der Waals surface area contributed by atoms with Crippen LogP contribution < -0.4 is 10.6 Å². The van der Waals surface area contributed by atoms with Crippen molar-refractivity contribution < 1.29 is 13.6 Å². The number of nitriles is 2. The highest BCUT2D eigenvalue weighted by atomic mass is 19.1. The molecule has 32 heavy (non-hydrogen) atoms. The number of furan rings is 1. The molecule has 1 unspecified atom stereocenters. The Morgan fingerprint density at radius 2 is 2.00 bits per heavy atom. The molecule has 2 bridgehead atoms. The second kappa shape index (κ2) is 8.11. The third-order valence-corrected chi connectivity index (χ3v) is 6.51. The predicted octanol–water partition coefficient (Wildman–Crippen LogP) is 3.80. The van der Waals surface area contributed by atoms with E-state index in [0.717, 1.165) is 30.2 Å². The fraction of sp³-hybridized carbons (Fsp3) is 0.320. The first kappa shape index (κ1) is 20.2. The summed E-state index contributed by atoms with van der Waals surface area (Å²) in [6.45, 7) is 0. The van der Waals surface area contributed by atoms with E-state index in [9.17, 15) is 14.4 Å². The Labute approximate surface area is 184 Å². The lowest BCUT2D eigenvalue weighted by Crippen LogP contribution is -2.50. The van der Waals surface area contributed by atoms with Crippen LogP contribution in [0, 0.1) is 34.4 Å². The number of piperidine rings is 1. The van der Waals surface area contributed by atoms with Crippen LogP contribution in [0.4, 0.5) is 4.39 Å². The van der Waals surface area contributed by atoms with Gasteiger partial charge < -0.3 is 15.1 Å². The lowest BCUT2D eigenvalue weighted by atomic mass is 9.99. The summed E-state index contributed by atoms with van der Waals surface area (Å²) in [5, 5.41) is 25.5. The van der Waals surface area contributed by atoms with Crippen LogP contribution in [0.2, 0.25) is 0 Å². The van der Waals surface area contributed by atoms with Crippen LogP contribution in [0.5, 0.6) is 0 Å². The number of hydrogen-bond donors (Lipinski definition) is 2. The zero-order chi connectivity index (χ0) is 22.2. The van der Waals surface area contributed by atoms with Gasteiger partial charge in [-0.25, -0.2) is 4.39 Å². The van der Waals surface area contributed by atoms with Crippen molar-refractivity contribution in [2.75, 3.05) is 0 Å². The SMILES string of the molecule is N#Cc1ccc(-c2ccc3oc(CC(C#N)NC(=O)[C@H]4N[C@H]5CC[C@H]4C5)cc3c2)cc1F. The van der Waals surface area contributed by atoms with Crippen LogP contribution in [-0.2, 0) is 11.2 Å². The molecule has 0 radical (unpaired) electrons. The van der Waals surface area contributed by atoms with E-state index in [1.54, 1.807) is 12.1 Å². The van der Waals surface area contributed by atoms with Gasteiger partial charge in [-0.3, -0.25) is 4.79 Å². The fourth-order valence-corrected chi connectivity index (χ4v) is 4.91. The standard InChI is InChI=1S/C25H21FN4O2/c26-22-10-15(1-2-17(22)12-27)14-4-6-23-18(7-14)9-21(32-23)11-20(13-28)30-25(31)24-16-3-5-19(8-16)29-24/h1-2,4,6-7,9-10,16,19-20,24,29H,3,5,8,11H2,(H,30,31)/t16-,19-,20?,24-/m0/s1. The highest BCUT2D eigenvalue weighted by Crippen LogP contribution is 2.35. The van der Waals surface area contributed by atoms with Crippen molar-refractivity contribution >= 4 is 16.9 Å². The Balaban J connectivity index is 1.31. The molecule has 7 heteroatoms. The van der Waals surface area contributed by atoms with E-state index in [4.69, 9.17) is 9.68 Å². The number of amides is 1. The second-order valence-electron chi connectivity index (χ2n) is 8.58. The molecule has 4 atom stereocenters. The molecule has 2 N–H and O–H groups in total. The Morgan fingerprint density at radius 3 is 2.69 bits per heavy atom. The smallest absolute Gasteiger partial charge is 0.238 e. The second-order valence-corrected chi connectivity index (χ2v) is 8.58. The van der Waals surface area contributed by atoms with E-state index in [1.165, 1.54) is 12.1 Å². The number of fused-ring (bicyclic) bond motifs is 3. The Kier molecular flexibility index (Phi) is 5.13. The molecule has 5 rings (SSSR count). The van der Waals surface area contributed by atoms with Crippen LogP contribution >= 0.6 is 0 Å². The van der Waals surface area contributed by atoms with Gasteiger partial charge >= 0.3 is 0 Å². The minimum absolute atomic E-state index is 0.00523. The van der Waals surface area contributed by atoms with Crippen LogP contribution in [0.3, 0.4) is 0 Å². The van der Waals surface area contributed by atoms with Crippen molar-refractivity contribution in [1.82, 2.24) is 10.6 Å². The van der Waals surface area contributed by atoms with Crippen LogP contribution in [-0.4, -0.2) is 24.0 Å². The maximum Gasteiger partial charge on any atom is 0.238 e. The summed E-state index contributed by atoms with van der Waals surface area (Å²) in [4.78, 5) is 12.6. The van der Waals surface area contributed by atoms with Gasteiger partial charge in [-0.1, -0.05) is 12.1 Å². The topological polar surface area (TPSA) is 102 Å². The zero-order valence-corrected chi connectivity index (χ0v) is 17.3. The van der Waals surface area contributed by atoms with Crippen LogP contribution in [0.1, 0.15) is 30.6 Å². The van der Waals surface area contributed by atoms with E-state index >= 15 is 0 Å². The molecular weight excluding hydrogens is 407 g/mol. The lowest BCUT2D eigenvalue weighted by molar-refractivity contribution is -0.124. The minimum Gasteiger partial charge on any atom is -0.461 e. The van der Waals surface area contributed by atoms with E-state index in [-0.39, 0.29) is 23.9 Å². The van der Waals surface area contributed by atoms with Gasteiger partial charge in [-0.2, -0.15) is 10.5 Å². The minimum atomic E-state index is -0.684. The van der Waals surface area contributed by atoms with Crippen molar-refractivity contribution in [3.05, 3.63) is 59.6 Å². The normalized spacial score (nSPS) is 22.4. The van der Waals surface area contributed by atoms with Gasteiger partial charge in [0.1, 0.15) is 29.3 Å². The first-order valence-electron chi connectivity index (χ1n) is 10.7. The number of halogens is 1. The van der Waals surface area contributed by atoms with E-state index in [2.05, 4.69) is 16.7 Å². The summed E-state index contributed by atoms with van der Waals surface area (Å²) in [6.07, 6.45) is 3.47. The summed E-state index contributed by atoms with van der Waals surface area (Å²) < 4.78 is 19.9.